The van der Waals surface area contributed by atoms with E-state index in [0.717, 1.165) is 24.3 Å². The van der Waals surface area contributed by atoms with Crippen molar-refractivity contribution < 1.29 is 4.74 Å². The average Bonchev–Trinajstić information content (AvgIpc) is 2.28. The van der Waals surface area contributed by atoms with Gasteiger partial charge in [0, 0.05) is 18.0 Å². The van der Waals surface area contributed by atoms with Gasteiger partial charge in [-0.3, -0.25) is 4.98 Å². The molecule has 0 fully saturated rings. The van der Waals surface area contributed by atoms with Crippen LogP contribution < -0.4 is 4.74 Å². The molecule has 3 rings (SSSR count). The van der Waals surface area contributed by atoms with Crippen LogP contribution in [-0.2, 0) is 11.8 Å². The highest BCUT2D eigenvalue weighted by Gasteiger charge is 2.22. The Balaban J connectivity index is 2.40. The molecule has 2 heteroatoms. The quantitative estimate of drug-likeness (QED) is 0.687. The zero-order chi connectivity index (χ0) is 12.0. The summed E-state index contributed by atoms with van der Waals surface area (Å²) in [6.45, 7) is 7.45. The third-order valence-corrected chi connectivity index (χ3v) is 3.38. The predicted octanol–water partition coefficient (Wildman–Crippen LogP) is 3.47. The first-order valence-electron chi connectivity index (χ1n) is 6.11. The standard InChI is InChI=1S/C15H17NO/c1-15(2,3)11-4-5-12-13-10(7-9-17-12)6-8-16-14(11)13/h4-6,8H,7,9H2,1-3H3. The highest BCUT2D eigenvalue weighted by atomic mass is 16.5. The van der Waals surface area contributed by atoms with E-state index in [1.54, 1.807) is 0 Å². The molecular formula is C15H17NO. The van der Waals surface area contributed by atoms with Crippen molar-refractivity contribution in [3.63, 3.8) is 0 Å². The first-order chi connectivity index (χ1) is 8.07. The summed E-state index contributed by atoms with van der Waals surface area (Å²) in [6, 6.07) is 6.35. The Labute approximate surface area is 102 Å². The molecule has 0 N–H and O–H groups in total. The Morgan fingerprint density at radius 2 is 2.00 bits per heavy atom. The molecule has 0 radical (unpaired) electrons. The van der Waals surface area contributed by atoms with E-state index in [0.29, 0.717) is 0 Å². The summed E-state index contributed by atoms with van der Waals surface area (Å²) in [5, 5.41) is 1.21. The highest BCUT2D eigenvalue weighted by Crippen LogP contribution is 2.37. The fourth-order valence-corrected chi connectivity index (χ4v) is 2.51. The van der Waals surface area contributed by atoms with Gasteiger partial charge in [-0.25, -0.2) is 0 Å². The van der Waals surface area contributed by atoms with E-state index in [9.17, 15) is 0 Å². The monoisotopic (exact) mass is 227 g/mol. The maximum absolute atomic E-state index is 5.72. The zero-order valence-electron chi connectivity index (χ0n) is 10.6. The van der Waals surface area contributed by atoms with E-state index in [1.807, 2.05) is 6.20 Å². The van der Waals surface area contributed by atoms with Crippen LogP contribution in [0.25, 0.3) is 10.9 Å². The molecule has 0 aliphatic carbocycles. The Kier molecular flexibility index (Phi) is 2.15. The van der Waals surface area contributed by atoms with Gasteiger partial charge in [0.05, 0.1) is 12.1 Å². The van der Waals surface area contributed by atoms with Gasteiger partial charge < -0.3 is 4.74 Å². The minimum atomic E-state index is 0.113. The molecule has 2 aromatic rings. The maximum atomic E-state index is 5.72. The number of hydrogen-bond acceptors (Lipinski definition) is 2. The van der Waals surface area contributed by atoms with Crippen molar-refractivity contribution in [2.45, 2.75) is 32.6 Å². The van der Waals surface area contributed by atoms with Crippen molar-refractivity contribution in [3.8, 4) is 5.75 Å². The summed E-state index contributed by atoms with van der Waals surface area (Å²) in [5.41, 5.74) is 3.87. The van der Waals surface area contributed by atoms with E-state index in [-0.39, 0.29) is 5.41 Å². The Hall–Kier alpha value is -1.57. The van der Waals surface area contributed by atoms with Crippen molar-refractivity contribution in [1.29, 1.82) is 0 Å². The maximum Gasteiger partial charge on any atom is 0.129 e. The molecule has 2 heterocycles. The minimum absolute atomic E-state index is 0.113. The molecule has 2 nitrogen and oxygen atoms in total. The number of aromatic nitrogens is 1. The molecule has 1 aliphatic heterocycles. The van der Waals surface area contributed by atoms with Crippen molar-refractivity contribution in [2.75, 3.05) is 6.61 Å². The lowest BCUT2D eigenvalue weighted by Gasteiger charge is -2.24. The molecule has 1 aliphatic rings. The summed E-state index contributed by atoms with van der Waals surface area (Å²) in [5.74, 6) is 0.988. The van der Waals surface area contributed by atoms with Gasteiger partial charge in [-0.05, 0) is 28.7 Å². The molecule has 0 unspecified atom stereocenters. The minimum Gasteiger partial charge on any atom is -0.493 e. The van der Waals surface area contributed by atoms with Gasteiger partial charge in [0.25, 0.3) is 0 Å². The van der Waals surface area contributed by atoms with Crippen LogP contribution in [0.5, 0.6) is 5.75 Å². The van der Waals surface area contributed by atoms with Gasteiger partial charge in [-0.2, -0.15) is 0 Å². The summed E-state index contributed by atoms with van der Waals surface area (Å²) in [4.78, 5) is 4.57. The topological polar surface area (TPSA) is 22.1 Å². The van der Waals surface area contributed by atoms with Crippen LogP contribution >= 0.6 is 0 Å². The number of benzene rings is 1. The number of hydrogen-bond donors (Lipinski definition) is 0. The van der Waals surface area contributed by atoms with Gasteiger partial charge in [0.15, 0.2) is 0 Å². The van der Waals surface area contributed by atoms with Gasteiger partial charge in [0.1, 0.15) is 5.75 Å². The van der Waals surface area contributed by atoms with E-state index in [4.69, 9.17) is 4.74 Å². The molecule has 88 valence electrons. The number of nitrogens with zero attached hydrogens (tertiary/aromatic N) is 1. The van der Waals surface area contributed by atoms with Crippen LogP contribution in [0.4, 0.5) is 0 Å². The summed E-state index contributed by atoms with van der Waals surface area (Å²) in [7, 11) is 0. The second kappa shape index (κ2) is 3.46. The second-order valence-corrected chi connectivity index (χ2v) is 5.65. The molecule has 1 aromatic heterocycles. The number of ether oxygens (including phenoxy) is 1. The normalized spacial score (nSPS) is 14.8. The average molecular weight is 227 g/mol. The highest BCUT2D eigenvalue weighted by molar-refractivity contribution is 5.92. The smallest absolute Gasteiger partial charge is 0.129 e. The SMILES string of the molecule is CC(C)(C)c1ccc2c3c(ccnc13)CCO2. The van der Waals surface area contributed by atoms with Crippen LogP contribution in [0.3, 0.4) is 0 Å². The first kappa shape index (κ1) is 10.6. The van der Waals surface area contributed by atoms with E-state index >= 15 is 0 Å². The summed E-state index contributed by atoms with van der Waals surface area (Å²) < 4.78 is 5.72. The van der Waals surface area contributed by atoms with Crippen LogP contribution in [-0.4, -0.2) is 11.6 Å². The van der Waals surface area contributed by atoms with Crippen molar-refractivity contribution >= 4 is 10.9 Å². The van der Waals surface area contributed by atoms with Gasteiger partial charge in [-0.15, -0.1) is 0 Å². The van der Waals surface area contributed by atoms with Gasteiger partial charge >= 0.3 is 0 Å². The number of pyridine rings is 1. The van der Waals surface area contributed by atoms with E-state index in [2.05, 4.69) is 44.0 Å². The Morgan fingerprint density at radius 3 is 2.76 bits per heavy atom. The lowest BCUT2D eigenvalue weighted by atomic mass is 9.84. The van der Waals surface area contributed by atoms with Gasteiger partial charge in [-0.1, -0.05) is 26.8 Å². The lowest BCUT2D eigenvalue weighted by molar-refractivity contribution is 0.318. The second-order valence-electron chi connectivity index (χ2n) is 5.65. The molecule has 0 saturated carbocycles. The number of rotatable bonds is 0. The third-order valence-electron chi connectivity index (χ3n) is 3.38. The zero-order valence-corrected chi connectivity index (χ0v) is 10.6. The predicted molar refractivity (Wildman–Crippen MR) is 69.6 cm³/mol. The fraction of sp³-hybridized carbons (Fsp3) is 0.400. The lowest BCUT2D eigenvalue weighted by Crippen LogP contribution is -2.15. The third kappa shape index (κ3) is 1.59. The fourth-order valence-electron chi connectivity index (χ4n) is 2.51. The van der Waals surface area contributed by atoms with Crippen molar-refractivity contribution in [1.82, 2.24) is 4.98 Å². The molecule has 0 amide bonds. The first-order valence-corrected chi connectivity index (χ1v) is 6.11. The Bertz CT molecular complexity index is 571. The van der Waals surface area contributed by atoms with E-state index < -0.39 is 0 Å². The van der Waals surface area contributed by atoms with E-state index in [1.165, 1.54) is 16.5 Å². The van der Waals surface area contributed by atoms with Crippen molar-refractivity contribution in [3.05, 3.63) is 35.5 Å². The summed E-state index contributed by atoms with van der Waals surface area (Å²) in [6.07, 6.45) is 2.90. The van der Waals surface area contributed by atoms with Crippen LogP contribution in [0.1, 0.15) is 31.9 Å². The largest absolute Gasteiger partial charge is 0.493 e. The summed E-state index contributed by atoms with van der Waals surface area (Å²) >= 11 is 0. The van der Waals surface area contributed by atoms with Gasteiger partial charge in [0.2, 0.25) is 0 Å². The molecule has 0 saturated heterocycles. The molecular weight excluding hydrogens is 210 g/mol. The Morgan fingerprint density at radius 1 is 1.18 bits per heavy atom. The molecule has 0 atom stereocenters. The molecule has 0 bridgehead atoms. The van der Waals surface area contributed by atoms with Crippen LogP contribution in [0.2, 0.25) is 0 Å². The molecule has 1 aromatic carbocycles. The van der Waals surface area contributed by atoms with Crippen LogP contribution in [0.15, 0.2) is 24.4 Å². The molecule has 17 heavy (non-hydrogen) atoms. The molecule has 0 spiro atoms. The van der Waals surface area contributed by atoms with Crippen molar-refractivity contribution in [2.24, 2.45) is 0 Å². The van der Waals surface area contributed by atoms with Crippen LogP contribution in [0, 0.1) is 0 Å².